The first kappa shape index (κ1) is 27.6. The molecule has 2 atom stereocenters. The van der Waals surface area contributed by atoms with Gasteiger partial charge >= 0.3 is 0 Å². The van der Waals surface area contributed by atoms with E-state index in [0.29, 0.717) is 40.3 Å². The fourth-order valence-electron chi connectivity index (χ4n) is 3.36. The molecule has 1 amide bonds. The zero-order valence-electron chi connectivity index (χ0n) is 19.6. The summed E-state index contributed by atoms with van der Waals surface area (Å²) in [5.41, 5.74) is 2.04. The van der Waals surface area contributed by atoms with Crippen LogP contribution in [-0.2, 0) is 11.2 Å². The summed E-state index contributed by atoms with van der Waals surface area (Å²) in [5, 5.41) is 9.00. The third-order valence-corrected chi connectivity index (χ3v) is 6.05. The van der Waals surface area contributed by atoms with Gasteiger partial charge in [-0.05, 0) is 61.4 Å². The number of carbonyl (C=O) groups is 1. The maximum Gasteiger partial charge on any atom is 0.222 e. The molecule has 0 N–H and O–H groups in total. The lowest BCUT2D eigenvalue weighted by atomic mass is 9.91. The van der Waals surface area contributed by atoms with Gasteiger partial charge in [0.05, 0.1) is 10.6 Å². The van der Waals surface area contributed by atoms with Gasteiger partial charge in [-0.25, -0.2) is 8.78 Å². The van der Waals surface area contributed by atoms with Crippen molar-refractivity contribution in [2.45, 2.75) is 53.9 Å². The van der Waals surface area contributed by atoms with Crippen LogP contribution in [0.15, 0.2) is 36.4 Å². The Balaban J connectivity index is 0.000000241. The summed E-state index contributed by atoms with van der Waals surface area (Å²) in [4.78, 5) is 13.3. The standard InChI is InChI=1S/C10H19NO.C8H6ClN.C8H8F2/c1-4-8(3)9-6-10(12)11(5-2)7-9;1-6-2-3-7(5-10)8(9)4-6;1-2-6-4-3-5-7(9)8(6)10/h8-9H,4-7H2,1-3H3;2-4H,1H3;3-5H,2H2,1H3. The van der Waals surface area contributed by atoms with E-state index in [2.05, 4.69) is 20.8 Å². The Labute approximate surface area is 196 Å². The first-order valence-corrected chi connectivity index (χ1v) is 11.4. The first-order valence-electron chi connectivity index (χ1n) is 11.0. The quantitative estimate of drug-likeness (QED) is 0.493. The van der Waals surface area contributed by atoms with Gasteiger partial charge in [-0.15, -0.1) is 0 Å². The van der Waals surface area contributed by atoms with Crippen molar-refractivity contribution in [3.8, 4) is 6.07 Å². The van der Waals surface area contributed by atoms with Gasteiger partial charge in [0.15, 0.2) is 11.6 Å². The van der Waals surface area contributed by atoms with E-state index in [1.54, 1.807) is 25.1 Å². The third kappa shape index (κ3) is 8.24. The average Bonchev–Trinajstić information content (AvgIpc) is 3.17. The second kappa shape index (κ2) is 13.9. The molecule has 0 radical (unpaired) electrons. The van der Waals surface area contributed by atoms with Crippen molar-refractivity contribution in [3.05, 3.63) is 69.7 Å². The zero-order chi connectivity index (χ0) is 24.3. The van der Waals surface area contributed by atoms with Crippen LogP contribution in [0.25, 0.3) is 0 Å². The Hall–Kier alpha value is -2.45. The zero-order valence-corrected chi connectivity index (χ0v) is 20.3. The molecule has 2 unspecified atom stereocenters. The van der Waals surface area contributed by atoms with Gasteiger partial charge < -0.3 is 4.90 Å². The molecule has 32 heavy (non-hydrogen) atoms. The van der Waals surface area contributed by atoms with Crippen LogP contribution in [0.1, 0.15) is 57.2 Å². The van der Waals surface area contributed by atoms with Crippen LogP contribution in [0, 0.1) is 41.7 Å². The van der Waals surface area contributed by atoms with E-state index in [1.807, 2.05) is 24.0 Å². The topological polar surface area (TPSA) is 44.1 Å². The van der Waals surface area contributed by atoms with Gasteiger partial charge in [-0.1, -0.05) is 57.0 Å². The van der Waals surface area contributed by atoms with E-state index in [-0.39, 0.29) is 0 Å². The molecule has 0 saturated carbocycles. The lowest BCUT2D eigenvalue weighted by Gasteiger charge is -2.17. The Kier molecular flexibility index (Phi) is 11.9. The van der Waals surface area contributed by atoms with Crippen LogP contribution in [0.4, 0.5) is 8.78 Å². The molecular formula is C26H33ClF2N2O. The summed E-state index contributed by atoms with van der Waals surface area (Å²) >= 11 is 5.71. The number of hydrogen-bond donors (Lipinski definition) is 0. The van der Waals surface area contributed by atoms with Crippen molar-refractivity contribution in [3.63, 3.8) is 0 Å². The van der Waals surface area contributed by atoms with Gasteiger partial charge in [0.1, 0.15) is 6.07 Å². The highest BCUT2D eigenvalue weighted by Gasteiger charge is 2.30. The minimum absolute atomic E-state index is 0.350. The fraction of sp³-hybridized carbons (Fsp3) is 0.462. The molecule has 0 spiro atoms. The predicted octanol–water partition coefficient (Wildman–Crippen LogP) is 6.95. The lowest BCUT2D eigenvalue weighted by Crippen LogP contribution is -2.25. The molecular weight excluding hydrogens is 430 g/mol. The van der Waals surface area contributed by atoms with E-state index < -0.39 is 11.6 Å². The number of halogens is 3. The van der Waals surface area contributed by atoms with Gasteiger partial charge in [0.25, 0.3) is 0 Å². The number of likely N-dealkylation sites (tertiary alicyclic amines) is 1. The van der Waals surface area contributed by atoms with Crippen LogP contribution < -0.4 is 0 Å². The number of hydrogen-bond acceptors (Lipinski definition) is 2. The normalized spacial score (nSPS) is 15.8. The van der Waals surface area contributed by atoms with Crippen LogP contribution >= 0.6 is 11.6 Å². The largest absolute Gasteiger partial charge is 0.343 e. The summed E-state index contributed by atoms with van der Waals surface area (Å²) in [6, 6.07) is 11.6. The highest BCUT2D eigenvalue weighted by molar-refractivity contribution is 6.31. The molecule has 6 heteroatoms. The molecule has 3 rings (SSSR count). The number of amides is 1. The maximum atomic E-state index is 12.6. The van der Waals surface area contributed by atoms with Gasteiger partial charge in [-0.2, -0.15) is 5.26 Å². The van der Waals surface area contributed by atoms with Gasteiger partial charge in [0, 0.05) is 19.5 Å². The monoisotopic (exact) mass is 462 g/mol. The van der Waals surface area contributed by atoms with Crippen molar-refractivity contribution in [1.82, 2.24) is 4.90 Å². The highest BCUT2D eigenvalue weighted by atomic mass is 35.5. The minimum Gasteiger partial charge on any atom is -0.343 e. The van der Waals surface area contributed by atoms with Crippen molar-refractivity contribution >= 4 is 17.5 Å². The second-order valence-electron chi connectivity index (χ2n) is 7.94. The van der Waals surface area contributed by atoms with E-state index in [4.69, 9.17) is 16.9 Å². The van der Waals surface area contributed by atoms with Gasteiger partial charge in [-0.3, -0.25) is 4.79 Å². The molecule has 1 heterocycles. The number of nitriles is 1. The number of carbonyl (C=O) groups excluding carboxylic acids is 1. The molecule has 1 aliphatic rings. The molecule has 1 saturated heterocycles. The molecule has 3 nitrogen and oxygen atoms in total. The smallest absolute Gasteiger partial charge is 0.222 e. The summed E-state index contributed by atoms with van der Waals surface area (Å²) in [6.07, 6.45) is 2.50. The Bertz CT molecular complexity index is 927. The number of aryl methyl sites for hydroxylation is 2. The fourth-order valence-corrected chi connectivity index (χ4v) is 3.63. The van der Waals surface area contributed by atoms with Crippen molar-refractivity contribution in [2.24, 2.45) is 11.8 Å². The molecule has 2 aromatic rings. The Morgan fingerprint density at radius 1 is 1.22 bits per heavy atom. The van der Waals surface area contributed by atoms with E-state index in [0.717, 1.165) is 31.1 Å². The second-order valence-corrected chi connectivity index (χ2v) is 8.35. The van der Waals surface area contributed by atoms with E-state index in [9.17, 15) is 13.6 Å². The average molecular weight is 463 g/mol. The molecule has 0 bridgehead atoms. The summed E-state index contributed by atoms with van der Waals surface area (Å²) in [5.74, 6) is 0.181. The third-order valence-electron chi connectivity index (χ3n) is 5.73. The maximum absolute atomic E-state index is 12.6. The van der Waals surface area contributed by atoms with Crippen LogP contribution in [0.2, 0.25) is 5.02 Å². The van der Waals surface area contributed by atoms with Crippen molar-refractivity contribution < 1.29 is 13.6 Å². The highest BCUT2D eigenvalue weighted by Crippen LogP contribution is 2.26. The first-order chi connectivity index (χ1) is 15.2. The van der Waals surface area contributed by atoms with Crippen LogP contribution in [-0.4, -0.2) is 23.9 Å². The molecule has 174 valence electrons. The Morgan fingerprint density at radius 3 is 2.38 bits per heavy atom. The number of nitrogens with zero attached hydrogens (tertiary/aromatic N) is 2. The van der Waals surface area contributed by atoms with Gasteiger partial charge in [0.2, 0.25) is 5.91 Å². The van der Waals surface area contributed by atoms with Crippen molar-refractivity contribution in [1.29, 1.82) is 5.26 Å². The molecule has 0 aromatic heterocycles. The predicted molar refractivity (Wildman–Crippen MR) is 126 cm³/mol. The summed E-state index contributed by atoms with van der Waals surface area (Å²) < 4.78 is 25.0. The van der Waals surface area contributed by atoms with Crippen molar-refractivity contribution in [2.75, 3.05) is 13.1 Å². The minimum atomic E-state index is -0.764. The van der Waals surface area contributed by atoms with Crippen LogP contribution in [0.5, 0.6) is 0 Å². The molecule has 1 aliphatic heterocycles. The molecule has 1 fully saturated rings. The molecule has 0 aliphatic carbocycles. The Morgan fingerprint density at radius 2 is 1.91 bits per heavy atom. The summed E-state index contributed by atoms with van der Waals surface area (Å²) in [6.45, 7) is 12.1. The van der Waals surface area contributed by atoms with E-state index >= 15 is 0 Å². The number of rotatable bonds is 4. The summed E-state index contributed by atoms with van der Waals surface area (Å²) in [7, 11) is 0. The van der Waals surface area contributed by atoms with Crippen LogP contribution in [0.3, 0.4) is 0 Å². The van der Waals surface area contributed by atoms with E-state index in [1.165, 1.54) is 12.5 Å². The SMILES string of the molecule is CCC(C)C1CC(=O)N(CC)C1.CCc1cccc(F)c1F.Cc1ccc(C#N)c(Cl)c1. The lowest BCUT2D eigenvalue weighted by molar-refractivity contribution is -0.127. The molecule has 2 aromatic carbocycles. The number of benzene rings is 2.